The lowest BCUT2D eigenvalue weighted by Crippen LogP contribution is -2.38. The highest BCUT2D eigenvalue weighted by Crippen LogP contribution is 2.15. The normalized spacial score (nSPS) is 12.3. The molecule has 0 radical (unpaired) electrons. The maximum Gasteiger partial charge on any atom is 0.236 e. The Morgan fingerprint density at radius 3 is 2.21 bits per heavy atom. The predicted molar refractivity (Wildman–Crippen MR) is 70.7 cm³/mol. The lowest BCUT2D eigenvalue weighted by atomic mass is 10.1. The van der Waals surface area contributed by atoms with Gasteiger partial charge >= 0.3 is 0 Å². The molecule has 0 heterocycles. The first-order valence-corrected chi connectivity index (χ1v) is 6.45. The summed E-state index contributed by atoms with van der Waals surface area (Å²) >= 11 is 0. The third-order valence-electron chi connectivity index (χ3n) is 3.06. The average molecular weight is 270 g/mol. The zero-order valence-electron chi connectivity index (χ0n) is 11.5. The van der Waals surface area contributed by atoms with E-state index in [-0.39, 0.29) is 18.5 Å². The number of hydrogen-bond acceptors (Lipinski definition) is 2. The van der Waals surface area contributed by atoms with Gasteiger partial charge in [-0.25, -0.2) is 8.78 Å². The van der Waals surface area contributed by atoms with Crippen LogP contribution in [0.3, 0.4) is 0 Å². The first-order valence-electron chi connectivity index (χ1n) is 6.45. The fraction of sp³-hybridized carbons (Fsp3) is 0.500. The van der Waals surface area contributed by atoms with Gasteiger partial charge in [0.25, 0.3) is 0 Å². The van der Waals surface area contributed by atoms with Crippen molar-refractivity contribution in [3.05, 3.63) is 35.4 Å². The topological polar surface area (TPSA) is 32.3 Å². The summed E-state index contributed by atoms with van der Waals surface area (Å²) in [6.45, 7) is 7.05. The summed E-state index contributed by atoms with van der Waals surface area (Å²) in [6, 6.07) is 3.08. The van der Waals surface area contributed by atoms with Crippen LogP contribution in [0.1, 0.15) is 32.4 Å². The molecular weight excluding hydrogens is 250 g/mol. The van der Waals surface area contributed by atoms with Crippen LogP contribution in [0.2, 0.25) is 0 Å². The molecule has 0 saturated carbocycles. The molecule has 0 aliphatic rings. The summed E-state index contributed by atoms with van der Waals surface area (Å²) in [5.74, 6) is -1.24. The van der Waals surface area contributed by atoms with Crippen molar-refractivity contribution in [1.29, 1.82) is 0 Å². The molecule has 5 heteroatoms. The maximum absolute atomic E-state index is 13.1. The van der Waals surface area contributed by atoms with Crippen molar-refractivity contribution in [2.45, 2.75) is 26.8 Å². The summed E-state index contributed by atoms with van der Waals surface area (Å²) in [6.07, 6.45) is 0. The van der Waals surface area contributed by atoms with E-state index >= 15 is 0 Å². The Kier molecular flexibility index (Phi) is 5.89. The maximum atomic E-state index is 13.1. The molecule has 1 unspecified atom stereocenters. The number of nitrogens with zero attached hydrogens (tertiary/aromatic N) is 1. The fourth-order valence-electron chi connectivity index (χ4n) is 1.87. The summed E-state index contributed by atoms with van der Waals surface area (Å²) < 4.78 is 26.2. The Bertz CT molecular complexity index is 413. The van der Waals surface area contributed by atoms with Crippen LogP contribution < -0.4 is 5.32 Å². The molecular formula is C14H20F2N2O. The van der Waals surface area contributed by atoms with Crippen molar-refractivity contribution in [2.24, 2.45) is 0 Å². The molecule has 1 aromatic rings. The molecule has 1 amide bonds. The van der Waals surface area contributed by atoms with Crippen molar-refractivity contribution in [1.82, 2.24) is 10.2 Å². The Hall–Kier alpha value is -1.49. The van der Waals surface area contributed by atoms with E-state index < -0.39 is 11.6 Å². The highest BCUT2D eigenvalue weighted by molar-refractivity contribution is 5.78. The van der Waals surface area contributed by atoms with Crippen LogP contribution in [0, 0.1) is 11.6 Å². The molecule has 1 rings (SSSR count). The van der Waals surface area contributed by atoms with E-state index in [2.05, 4.69) is 5.32 Å². The van der Waals surface area contributed by atoms with E-state index in [0.29, 0.717) is 18.7 Å². The van der Waals surface area contributed by atoms with E-state index in [1.807, 2.05) is 13.8 Å². The third-order valence-corrected chi connectivity index (χ3v) is 3.06. The second-order valence-electron chi connectivity index (χ2n) is 4.37. The van der Waals surface area contributed by atoms with Gasteiger partial charge in [0.2, 0.25) is 5.91 Å². The first-order chi connectivity index (χ1) is 8.97. The van der Waals surface area contributed by atoms with Crippen molar-refractivity contribution in [3.63, 3.8) is 0 Å². The molecule has 0 aliphatic carbocycles. The monoisotopic (exact) mass is 270 g/mol. The zero-order chi connectivity index (χ0) is 14.4. The van der Waals surface area contributed by atoms with E-state index in [9.17, 15) is 13.6 Å². The number of likely N-dealkylation sites (N-methyl/N-ethyl adjacent to an activating group) is 1. The van der Waals surface area contributed by atoms with E-state index in [1.54, 1.807) is 11.8 Å². The zero-order valence-corrected chi connectivity index (χ0v) is 11.5. The van der Waals surface area contributed by atoms with Crippen molar-refractivity contribution >= 4 is 5.91 Å². The third kappa shape index (κ3) is 4.59. The van der Waals surface area contributed by atoms with Crippen LogP contribution in [0.5, 0.6) is 0 Å². The largest absolute Gasteiger partial charge is 0.342 e. The highest BCUT2D eigenvalue weighted by atomic mass is 19.1. The second kappa shape index (κ2) is 7.19. The summed E-state index contributed by atoms with van der Waals surface area (Å²) in [5.41, 5.74) is 0.491. The predicted octanol–water partition coefficient (Wildman–Crippen LogP) is 2.48. The molecule has 106 valence electrons. The molecule has 0 fully saturated rings. The van der Waals surface area contributed by atoms with E-state index in [0.717, 1.165) is 6.07 Å². The lowest BCUT2D eigenvalue weighted by molar-refractivity contribution is -0.129. The quantitative estimate of drug-likeness (QED) is 0.861. The standard InChI is InChI=1S/C14H20F2N2O/c1-4-18(5-2)14(19)9-17-10(3)11-6-12(15)8-13(16)7-11/h6-8,10,17H,4-5,9H2,1-3H3. The van der Waals surface area contributed by atoms with Crippen LogP contribution in [-0.2, 0) is 4.79 Å². The van der Waals surface area contributed by atoms with Gasteiger partial charge in [-0.15, -0.1) is 0 Å². The summed E-state index contributed by atoms with van der Waals surface area (Å²) in [7, 11) is 0. The number of nitrogens with one attached hydrogen (secondary N) is 1. The number of carbonyl (C=O) groups excluding carboxylic acids is 1. The average Bonchev–Trinajstić information content (AvgIpc) is 2.36. The molecule has 0 spiro atoms. The number of hydrogen-bond donors (Lipinski definition) is 1. The number of halogens is 2. The van der Waals surface area contributed by atoms with Crippen LogP contribution in [0.4, 0.5) is 8.78 Å². The number of amides is 1. The van der Waals surface area contributed by atoms with Crippen molar-refractivity contribution < 1.29 is 13.6 Å². The van der Waals surface area contributed by atoms with E-state index in [1.165, 1.54) is 12.1 Å². The Balaban J connectivity index is 2.60. The van der Waals surface area contributed by atoms with Gasteiger partial charge in [-0.2, -0.15) is 0 Å². The smallest absolute Gasteiger partial charge is 0.236 e. The second-order valence-corrected chi connectivity index (χ2v) is 4.37. The van der Waals surface area contributed by atoms with Crippen molar-refractivity contribution in [3.8, 4) is 0 Å². The molecule has 0 aromatic heterocycles. The van der Waals surface area contributed by atoms with Crippen molar-refractivity contribution in [2.75, 3.05) is 19.6 Å². The molecule has 1 atom stereocenters. The highest BCUT2D eigenvalue weighted by Gasteiger charge is 2.13. The molecule has 0 bridgehead atoms. The molecule has 0 saturated heterocycles. The fourth-order valence-corrected chi connectivity index (χ4v) is 1.87. The van der Waals surface area contributed by atoms with Gasteiger partial charge in [-0.05, 0) is 38.5 Å². The number of rotatable bonds is 6. The minimum Gasteiger partial charge on any atom is -0.342 e. The van der Waals surface area contributed by atoms with Gasteiger partial charge < -0.3 is 10.2 Å². The molecule has 19 heavy (non-hydrogen) atoms. The SMILES string of the molecule is CCN(CC)C(=O)CNC(C)c1cc(F)cc(F)c1. The van der Waals surface area contributed by atoms with Gasteiger partial charge in [-0.1, -0.05) is 0 Å². The van der Waals surface area contributed by atoms with Crippen LogP contribution in [0.25, 0.3) is 0 Å². The van der Waals surface area contributed by atoms with Crippen LogP contribution in [-0.4, -0.2) is 30.4 Å². The van der Waals surface area contributed by atoms with Gasteiger partial charge in [-0.3, -0.25) is 4.79 Å². The van der Waals surface area contributed by atoms with Gasteiger partial charge in [0.05, 0.1) is 6.54 Å². The Labute approximate surface area is 112 Å². The summed E-state index contributed by atoms with van der Waals surface area (Å²) in [5, 5.41) is 2.98. The van der Waals surface area contributed by atoms with Gasteiger partial charge in [0, 0.05) is 25.2 Å². The minimum atomic E-state index is -0.612. The van der Waals surface area contributed by atoms with E-state index in [4.69, 9.17) is 0 Å². The molecule has 3 nitrogen and oxygen atoms in total. The Morgan fingerprint density at radius 2 is 1.74 bits per heavy atom. The van der Waals surface area contributed by atoms with Crippen LogP contribution in [0.15, 0.2) is 18.2 Å². The lowest BCUT2D eigenvalue weighted by Gasteiger charge is -2.21. The number of benzene rings is 1. The molecule has 0 aliphatic heterocycles. The minimum absolute atomic E-state index is 0.0197. The van der Waals surface area contributed by atoms with Gasteiger partial charge in [0.15, 0.2) is 0 Å². The van der Waals surface area contributed by atoms with Crippen LogP contribution >= 0.6 is 0 Å². The van der Waals surface area contributed by atoms with Gasteiger partial charge in [0.1, 0.15) is 11.6 Å². The molecule has 1 N–H and O–H groups in total. The molecule has 1 aromatic carbocycles. The summed E-state index contributed by atoms with van der Waals surface area (Å²) in [4.78, 5) is 13.5. The first kappa shape index (κ1) is 15.6. The number of carbonyl (C=O) groups is 1. The Morgan fingerprint density at radius 1 is 1.21 bits per heavy atom.